The van der Waals surface area contributed by atoms with Gasteiger partial charge in [-0.25, -0.2) is 4.79 Å². The Morgan fingerprint density at radius 1 is 0.974 bits per heavy atom. The molecule has 4 unspecified atom stereocenters. The van der Waals surface area contributed by atoms with Crippen LogP contribution in [0.1, 0.15) is 37.8 Å². The van der Waals surface area contributed by atoms with Gasteiger partial charge in [0.25, 0.3) is 0 Å². The molecule has 10 nitrogen and oxygen atoms in total. The molecule has 0 aromatic heterocycles. The maximum Gasteiger partial charge on any atom is 0.326 e. The Hall–Kier alpha value is -3.92. The molecule has 0 spiro atoms. The standard InChI is InChI=1S/C28H36N4O6/c1-17(2)24(31-25(34)21(29)15-19-10-12-20(33)13-11-19)27(36)32-14-6-9-23(32)26(35)30-22(28(37)38)16-18-7-4-3-5-8-18/h3-5,7-8,10-13,17,21-24,33H,6,9,14-16,29H2,1-2H3,(H,30,35)(H,31,34)(H,37,38). The van der Waals surface area contributed by atoms with Gasteiger partial charge in [0.05, 0.1) is 6.04 Å². The van der Waals surface area contributed by atoms with Crippen molar-refractivity contribution in [3.8, 4) is 5.75 Å². The second-order valence-electron chi connectivity index (χ2n) is 9.99. The van der Waals surface area contributed by atoms with E-state index in [-0.39, 0.29) is 24.5 Å². The van der Waals surface area contributed by atoms with Gasteiger partial charge in [-0.3, -0.25) is 14.4 Å². The number of benzene rings is 2. The lowest BCUT2D eigenvalue weighted by molar-refractivity contribution is -0.145. The van der Waals surface area contributed by atoms with Gasteiger partial charge < -0.3 is 31.5 Å². The number of aliphatic carboxylic acids is 1. The molecule has 3 rings (SSSR count). The van der Waals surface area contributed by atoms with Gasteiger partial charge in [-0.1, -0.05) is 56.3 Å². The second-order valence-corrected chi connectivity index (χ2v) is 9.99. The lowest BCUT2D eigenvalue weighted by atomic mass is 10.00. The first-order valence-corrected chi connectivity index (χ1v) is 12.8. The van der Waals surface area contributed by atoms with Gasteiger partial charge in [-0.15, -0.1) is 0 Å². The zero-order valence-electron chi connectivity index (χ0n) is 21.7. The number of amides is 3. The molecule has 1 aliphatic rings. The van der Waals surface area contributed by atoms with Crippen LogP contribution in [0.15, 0.2) is 54.6 Å². The molecular weight excluding hydrogens is 488 g/mol. The fourth-order valence-corrected chi connectivity index (χ4v) is 4.55. The summed E-state index contributed by atoms with van der Waals surface area (Å²) in [7, 11) is 0. The van der Waals surface area contributed by atoms with Gasteiger partial charge >= 0.3 is 5.97 Å². The van der Waals surface area contributed by atoms with E-state index in [1.54, 1.807) is 50.2 Å². The maximum absolute atomic E-state index is 13.5. The number of hydrogen-bond acceptors (Lipinski definition) is 6. The van der Waals surface area contributed by atoms with Crippen LogP contribution >= 0.6 is 0 Å². The lowest BCUT2D eigenvalue weighted by Gasteiger charge is -2.31. The van der Waals surface area contributed by atoms with Crippen LogP contribution in [0.2, 0.25) is 0 Å². The Morgan fingerprint density at radius 2 is 1.61 bits per heavy atom. The van der Waals surface area contributed by atoms with Crippen LogP contribution in [0, 0.1) is 5.92 Å². The summed E-state index contributed by atoms with van der Waals surface area (Å²) in [5.41, 5.74) is 7.62. The molecule has 2 aromatic rings. The highest BCUT2D eigenvalue weighted by Gasteiger charge is 2.40. The molecule has 0 saturated carbocycles. The van der Waals surface area contributed by atoms with Gasteiger partial charge in [0, 0.05) is 13.0 Å². The maximum atomic E-state index is 13.5. The normalized spacial score (nSPS) is 17.5. The molecule has 1 aliphatic heterocycles. The van der Waals surface area contributed by atoms with Crippen LogP contribution in [0.4, 0.5) is 0 Å². The number of carboxylic acids is 1. The van der Waals surface area contributed by atoms with Crippen molar-refractivity contribution in [3.63, 3.8) is 0 Å². The number of rotatable bonds is 11. The highest BCUT2D eigenvalue weighted by atomic mass is 16.4. The number of nitrogens with zero attached hydrogens (tertiary/aromatic N) is 1. The molecule has 10 heteroatoms. The number of likely N-dealkylation sites (tertiary alicyclic amines) is 1. The number of carboxylic acid groups (broad SMARTS) is 1. The molecular formula is C28H36N4O6. The Balaban J connectivity index is 1.65. The summed E-state index contributed by atoms with van der Waals surface area (Å²) in [5.74, 6) is -2.76. The van der Waals surface area contributed by atoms with E-state index in [0.717, 1.165) is 11.1 Å². The zero-order chi connectivity index (χ0) is 27.8. The molecule has 0 aliphatic carbocycles. The molecule has 38 heavy (non-hydrogen) atoms. The molecule has 1 heterocycles. The van der Waals surface area contributed by atoms with Gasteiger partial charge in [-0.2, -0.15) is 0 Å². The summed E-state index contributed by atoms with van der Waals surface area (Å²) in [6, 6.07) is 11.6. The molecule has 3 amide bonds. The van der Waals surface area contributed by atoms with Crippen LogP contribution in [-0.4, -0.2) is 69.5 Å². The average Bonchev–Trinajstić information content (AvgIpc) is 3.38. The summed E-state index contributed by atoms with van der Waals surface area (Å²) in [5, 5.41) is 24.4. The first kappa shape index (κ1) is 28.6. The predicted octanol–water partition coefficient (Wildman–Crippen LogP) is 1.21. The van der Waals surface area contributed by atoms with Crippen molar-refractivity contribution in [2.24, 2.45) is 11.7 Å². The minimum atomic E-state index is -1.16. The summed E-state index contributed by atoms with van der Waals surface area (Å²) < 4.78 is 0. The quantitative estimate of drug-likeness (QED) is 0.295. The molecule has 2 aromatic carbocycles. The average molecular weight is 525 g/mol. The number of hydrogen-bond donors (Lipinski definition) is 5. The van der Waals surface area contributed by atoms with E-state index < -0.39 is 47.9 Å². The number of carbonyl (C=O) groups excluding carboxylic acids is 3. The van der Waals surface area contributed by atoms with E-state index >= 15 is 0 Å². The van der Waals surface area contributed by atoms with Gasteiger partial charge in [-0.05, 0) is 48.4 Å². The SMILES string of the molecule is CC(C)C(NC(=O)C(N)Cc1ccc(O)cc1)C(=O)N1CCCC1C(=O)NC(Cc1ccccc1)C(=O)O. The number of carbonyl (C=O) groups is 4. The summed E-state index contributed by atoms with van der Waals surface area (Å²) in [6.45, 7) is 3.91. The van der Waals surface area contributed by atoms with E-state index in [4.69, 9.17) is 5.73 Å². The first-order chi connectivity index (χ1) is 18.1. The smallest absolute Gasteiger partial charge is 0.326 e. The van der Waals surface area contributed by atoms with Crippen molar-refractivity contribution in [2.75, 3.05) is 6.54 Å². The Morgan fingerprint density at radius 3 is 2.21 bits per heavy atom. The molecule has 1 fully saturated rings. The molecule has 0 bridgehead atoms. The molecule has 4 atom stereocenters. The van der Waals surface area contributed by atoms with Crippen LogP contribution in [0.5, 0.6) is 5.75 Å². The highest BCUT2D eigenvalue weighted by Crippen LogP contribution is 2.21. The van der Waals surface area contributed by atoms with Crippen LogP contribution in [-0.2, 0) is 32.0 Å². The van der Waals surface area contributed by atoms with Crippen molar-refractivity contribution in [2.45, 2.75) is 63.7 Å². The number of phenolic OH excluding ortho intramolecular Hbond substituents is 1. The third kappa shape index (κ3) is 7.55. The lowest BCUT2D eigenvalue weighted by Crippen LogP contribution is -2.58. The van der Waals surface area contributed by atoms with Crippen molar-refractivity contribution >= 4 is 23.7 Å². The third-order valence-electron chi connectivity index (χ3n) is 6.69. The van der Waals surface area contributed by atoms with Crippen molar-refractivity contribution in [3.05, 3.63) is 65.7 Å². The van der Waals surface area contributed by atoms with Crippen LogP contribution in [0.25, 0.3) is 0 Å². The third-order valence-corrected chi connectivity index (χ3v) is 6.69. The van der Waals surface area contributed by atoms with Crippen molar-refractivity contribution in [1.29, 1.82) is 0 Å². The van der Waals surface area contributed by atoms with E-state index in [1.165, 1.54) is 17.0 Å². The second kappa shape index (κ2) is 13.0. The number of nitrogens with one attached hydrogen (secondary N) is 2. The van der Waals surface area contributed by atoms with E-state index in [0.29, 0.717) is 19.4 Å². The molecule has 0 radical (unpaired) electrons. The van der Waals surface area contributed by atoms with Crippen LogP contribution < -0.4 is 16.4 Å². The zero-order valence-corrected chi connectivity index (χ0v) is 21.7. The fraction of sp³-hybridized carbons (Fsp3) is 0.429. The van der Waals surface area contributed by atoms with Crippen LogP contribution in [0.3, 0.4) is 0 Å². The monoisotopic (exact) mass is 524 g/mol. The summed E-state index contributed by atoms with van der Waals surface area (Å²) in [6.07, 6.45) is 1.32. The number of aromatic hydroxyl groups is 1. The topological polar surface area (TPSA) is 162 Å². The van der Waals surface area contributed by atoms with E-state index in [2.05, 4.69) is 10.6 Å². The van der Waals surface area contributed by atoms with Crippen molar-refractivity contribution in [1.82, 2.24) is 15.5 Å². The minimum Gasteiger partial charge on any atom is -0.508 e. The Labute approximate surface area is 222 Å². The van der Waals surface area contributed by atoms with Gasteiger partial charge in [0.1, 0.15) is 23.9 Å². The molecule has 6 N–H and O–H groups in total. The molecule has 1 saturated heterocycles. The Kier molecular flexibility index (Phi) is 9.84. The van der Waals surface area contributed by atoms with E-state index in [9.17, 15) is 29.4 Å². The van der Waals surface area contributed by atoms with E-state index in [1.807, 2.05) is 6.07 Å². The summed E-state index contributed by atoms with van der Waals surface area (Å²) in [4.78, 5) is 52.7. The van der Waals surface area contributed by atoms with Crippen molar-refractivity contribution < 1.29 is 29.4 Å². The fourth-order valence-electron chi connectivity index (χ4n) is 4.55. The molecule has 204 valence electrons. The Bertz CT molecular complexity index is 1120. The number of nitrogens with two attached hydrogens (primary N) is 1. The highest BCUT2D eigenvalue weighted by molar-refractivity contribution is 5.94. The first-order valence-electron chi connectivity index (χ1n) is 12.8. The van der Waals surface area contributed by atoms with Gasteiger partial charge in [0.15, 0.2) is 0 Å². The summed E-state index contributed by atoms with van der Waals surface area (Å²) >= 11 is 0. The number of phenols is 1. The van der Waals surface area contributed by atoms with Gasteiger partial charge in [0.2, 0.25) is 17.7 Å². The largest absolute Gasteiger partial charge is 0.508 e. The minimum absolute atomic E-state index is 0.108. The predicted molar refractivity (Wildman–Crippen MR) is 141 cm³/mol.